The second-order valence-electron chi connectivity index (χ2n) is 5.00. The molecule has 0 aliphatic carbocycles. The molecule has 1 unspecified atom stereocenters. The summed E-state index contributed by atoms with van der Waals surface area (Å²) in [6.45, 7) is 4.27. The third kappa shape index (κ3) is 3.73. The molecule has 0 radical (unpaired) electrons. The Kier molecular flexibility index (Phi) is 5.17. The van der Waals surface area contributed by atoms with Gasteiger partial charge in [0.25, 0.3) is 0 Å². The SMILES string of the molecule is COc1ccc(C(C)N[C@H](C)c2ccncc2)c(OC)c1. The summed E-state index contributed by atoms with van der Waals surface area (Å²) in [5.74, 6) is 1.63. The number of nitrogens with one attached hydrogen (secondary N) is 1. The van der Waals surface area contributed by atoms with E-state index in [1.54, 1.807) is 14.2 Å². The van der Waals surface area contributed by atoms with Crippen LogP contribution in [0.1, 0.15) is 37.1 Å². The van der Waals surface area contributed by atoms with E-state index in [2.05, 4.69) is 24.1 Å². The van der Waals surface area contributed by atoms with Gasteiger partial charge in [-0.25, -0.2) is 0 Å². The fourth-order valence-corrected chi connectivity index (χ4v) is 2.39. The van der Waals surface area contributed by atoms with Gasteiger partial charge in [-0.15, -0.1) is 0 Å². The molecule has 21 heavy (non-hydrogen) atoms. The van der Waals surface area contributed by atoms with Crippen molar-refractivity contribution in [1.82, 2.24) is 10.3 Å². The number of hydrogen-bond donors (Lipinski definition) is 1. The Hall–Kier alpha value is -2.07. The summed E-state index contributed by atoms with van der Waals surface area (Å²) in [5, 5.41) is 3.58. The van der Waals surface area contributed by atoms with Crippen LogP contribution in [0.5, 0.6) is 11.5 Å². The summed E-state index contributed by atoms with van der Waals surface area (Å²) in [5.41, 5.74) is 2.32. The van der Waals surface area contributed by atoms with E-state index in [0.29, 0.717) is 0 Å². The van der Waals surface area contributed by atoms with Crippen LogP contribution in [0, 0.1) is 0 Å². The molecule has 2 aromatic rings. The molecule has 4 nitrogen and oxygen atoms in total. The second kappa shape index (κ2) is 7.09. The summed E-state index contributed by atoms with van der Waals surface area (Å²) >= 11 is 0. The van der Waals surface area contributed by atoms with E-state index in [0.717, 1.165) is 17.1 Å². The zero-order valence-electron chi connectivity index (χ0n) is 13.0. The lowest BCUT2D eigenvalue weighted by atomic mass is 10.0. The minimum Gasteiger partial charge on any atom is -0.497 e. The molecule has 0 saturated carbocycles. The molecule has 0 bridgehead atoms. The fourth-order valence-electron chi connectivity index (χ4n) is 2.39. The number of methoxy groups -OCH3 is 2. The highest BCUT2D eigenvalue weighted by molar-refractivity contribution is 5.42. The van der Waals surface area contributed by atoms with Gasteiger partial charge in [0, 0.05) is 36.1 Å². The van der Waals surface area contributed by atoms with Gasteiger partial charge in [0.15, 0.2) is 0 Å². The molecule has 1 heterocycles. The molecular weight excluding hydrogens is 264 g/mol. The first-order chi connectivity index (χ1) is 10.2. The topological polar surface area (TPSA) is 43.4 Å². The minimum absolute atomic E-state index is 0.161. The fraction of sp³-hybridized carbons (Fsp3) is 0.353. The first kappa shape index (κ1) is 15.3. The molecule has 0 spiro atoms. The monoisotopic (exact) mass is 286 g/mol. The predicted octanol–water partition coefficient (Wildman–Crippen LogP) is 3.51. The van der Waals surface area contributed by atoms with Crippen LogP contribution < -0.4 is 14.8 Å². The zero-order valence-corrected chi connectivity index (χ0v) is 13.0. The van der Waals surface area contributed by atoms with Crippen molar-refractivity contribution in [3.05, 3.63) is 53.9 Å². The van der Waals surface area contributed by atoms with Gasteiger partial charge >= 0.3 is 0 Å². The van der Waals surface area contributed by atoms with Crippen LogP contribution >= 0.6 is 0 Å². The number of ether oxygens (including phenoxy) is 2. The van der Waals surface area contributed by atoms with Crippen molar-refractivity contribution in [1.29, 1.82) is 0 Å². The molecule has 2 rings (SSSR count). The van der Waals surface area contributed by atoms with Crippen LogP contribution in [-0.4, -0.2) is 19.2 Å². The molecule has 0 saturated heterocycles. The molecule has 0 amide bonds. The first-order valence-corrected chi connectivity index (χ1v) is 7.03. The second-order valence-corrected chi connectivity index (χ2v) is 5.00. The number of benzene rings is 1. The van der Waals surface area contributed by atoms with Gasteiger partial charge in [-0.05, 0) is 37.6 Å². The van der Waals surface area contributed by atoms with Gasteiger partial charge in [0.1, 0.15) is 11.5 Å². The standard InChI is InChI=1S/C17H22N2O2/c1-12(14-7-9-18-10-8-14)19-13(2)16-6-5-15(20-3)11-17(16)21-4/h5-13,19H,1-4H3/t12-,13?/m1/s1. The van der Waals surface area contributed by atoms with Gasteiger partial charge in [0.2, 0.25) is 0 Å². The van der Waals surface area contributed by atoms with E-state index in [9.17, 15) is 0 Å². The molecule has 112 valence electrons. The minimum atomic E-state index is 0.161. The van der Waals surface area contributed by atoms with Crippen molar-refractivity contribution < 1.29 is 9.47 Å². The van der Waals surface area contributed by atoms with E-state index in [-0.39, 0.29) is 12.1 Å². The maximum absolute atomic E-state index is 5.47. The summed E-state index contributed by atoms with van der Waals surface area (Å²) in [6, 6.07) is 10.3. The van der Waals surface area contributed by atoms with Gasteiger partial charge in [-0.2, -0.15) is 0 Å². The smallest absolute Gasteiger partial charge is 0.127 e. The normalized spacial score (nSPS) is 13.5. The number of rotatable bonds is 6. The highest BCUT2D eigenvalue weighted by atomic mass is 16.5. The number of nitrogens with zero attached hydrogens (tertiary/aromatic N) is 1. The van der Waals surface area contributed by atoms with Crippen molar-refractivity contribution in [3.63, 3.8) is 0 Å². The maximum atomic E-state index is 5.47. The van der Waals surface area contributed by atoms with Crippen molar-refractivity contribution in [2.45, 2.75) is 25.9 Å². The number of aromatic nitrogens is 1. The van der Waals surface area contributed by atoms with Crippen molar-refractivity contribution in [3.8, 4) is 11.5 Å². The molecule has 1 N–H and O–H groups in total. The van der Waals surface area contributed by atoms with E-state index >= 15 is 0 Å². The highest BCUT2D eigenvalue weighted by Crippen LogP contribution is 2.30. The summed E-state index contributed by atoms with van der Waals surface area (Å²) < 4.78 is 10.7. The van der Waals surface area contributed by atoms with Gasteiger partial charge in [-0.3, -0.25) is 4.98 Å². The van der Waals surface area contributed by atoms with Crippen LogP contribution in [0.4, 0.5) is 0 Å². The Morgan fingerprint density at radius 3 is 2.29 bits per heavy atom. The van der Waals surface area contributed by atoms with Crippen molar-refractivity contribution >= 4 is 0 Å². The third-order valence-corrected chi connectivity index (χ3v) is 3.61. The molecule has 2 atom stereocenters. The van der Waals surface area contributed by atoms with E-state index in [4.69, 9.17) is 9.47 Å². The highest BCUT2D eigenvalue weighted by Gasteiger charge is 2.15. The van der Waals surface area contributed by atoms with Crippen molar-refractivity contribution in [2.24, 2.45) is 0 Å². The lowest BCUT2D eigenvalue weighted by molar-refractivity contribution is 0.383. The Morgan fingerprint density at radius 1 is 0.952 bits per heavy atom. The summed E-state index contributed by atoms with van der Waals surface area (Å²) in [7, 11) is 3.33. The van der Waals surface area contributed by atoms with Gasteiger partial charge in [0.05, 0.1) is 14.2 Å². The average Bonchev–Trinajstić information content (AvgIpc) is 2.54. The zero-order chi connectivity index (χ0) is 15.2. The predicted molar refractivity (Wildman–Crippen MR) is 83.7 cm³/mol. The van der Waals surface area contributed by atoms with Crippen LogP contribution in [0.25, 0.3) is 0 Å². The Bertz CT molecular complexity index is 572. The molecule has 0 aliphatic rings. The Morgan fingerprint density at radius 2 is 1.67 bits per heavy atom. The first-order valence-electron chi connectivity index (χ1n) is 7.03. The van der Waals surface area contributed by atoms with E-state index in [1.807, 2.05) is 42.7 Å². The average molecular weight is 286 g/mol. The van der Waals surface area contributed by atoms with E-state index in [1.165, 1.54) is 5.56 Å². The third-order valence-electron chi connectivity index (χ3n) is 3.61. The van der Waals surface area contributed by atoms with Gasteiger partial charge in [-0.1, -0.05) is 6.07 Å². The Labute approximate surface area is 126 Å². The quantitative estimate of drug-likeness (QED) is 0.882. The molecular formula is C17H22N2O2. The maximum Gasteiger partial charge on any atom is 0.127 e. The van der Waals surface area contributed by atoms with E-state index < -0.39 is 0 Å². The van der Waals surface area contributed by atoms with Crippen LogP contribution in [0.15, 0.2) is 42.7 Å². The number of pyridine rings is 1. The van der Waals surface area contributed by atoms with Crippen molar-refractivity contribution in [2.75, 3.05) is 14.2 Å². The lowest BCUT2D eigenvalue weighted by Crippen LogP contribution is -2.22. The molecule has 1 aromatic heterocycles. The van der Waals surface area contributed by atoms with Crippen LogP contribution in [0.3, 0.4) is 0 Å². The van der Waals surface area contributed by atoms with Gasteiger partial charge < -0.3 is 14.8 Å². The van der Waals surface area contributed by atoms with Crippen LogP contribution in [-0.2, 0) is 0 Å². The summed E-state index contributed by atoms with van der Waals surface area (Å²) in [6.07, 6.45) is 3.62. The molecule has 0 fully saturated rings. The molecule has 0 aliphatic heterocycles. The molecule has 1 aromatic carbocycles. The lowest BCUT2D eigenvalue weighted by Gasteiger charge is -2.22. The summed E-state index contributed by atoms with van der Waals surface area (Å²) in [4.78, 5) is 4.05. The van der Waals surface area contributed by atoms with Crippen LogP contribution in [0.2, 0.25) is 0 Å². The largest absolute Gasteiger partial charge is 0.497 e. The number of hydrogen-bond acceptors (Lipinski definition) is 4. The molecule has 4 heteroatoms. The Balaban J connectivity index is 2.14.